The third-order valence-corrected chi connectivity index (χ3v) is 6.40. The molecule has 0 saturated carbocycles. The summed E-state index contributed by atoms with van der Waals surface area (Å²) < 4.78 is 6.01. The first-order valence-electron chi connectivity index (χ1n) is 10.6. The molecule has 1 N–H and O–H groups in total. The summed E-state index contributed by atoms with van der Waals surface area (Å²) in [5, 5.41) is 11.4. The summed E-state index contributed by atoms with van der Waals surface area (Å²) in [4.78, 5) is 0. The molecule has 1 unspecified atom stereocenters. The predicted octanol–water partition coefficient (Wildman–Crippen LogP) is 7.38. The van der Waals surface area contributed by atoms with E-state index in [0.29, 0.717) is 5.75 Å². The van der Waals surface area contributed by atoms with Gasteiger partial charge in [0.05, 0.1) is 7.11 Å². The Morgan fingerprint density at radius 2 is 1.17 bits per heavy atom. The molecule has 0 aliphatic carbocycles. The van der Waals surface area contributed by atoms with Gasteiger partial charge in [0, 0.05) is 22.6 Å². The molecule has 0 aromatic heterocycles. The van der Waals surface area contributed by atoms with Gasteiger partial charge in [-0.15, -0.1) is 0 Å². The van der Waals surface area contributed by atoms with Gasteiger partial charge in [0.15, 0.2) is 0 Å². The number of methoxy groups -OCH3 is 1. The van der Waals surface area contributed by atoms with E-state index in [2.05, 4.69) is 88.3 Å². The average molecular weight is 397 g/mol. The van der Waals surface area contributed by atoms with Crippen LogP contribution in [0.5, 0.6) is 11.5 Å². The van der Waals surface area contributed by atoms with Crippen LogP contribution >= 0.6 is 0 Å². The van der Waals surface area contributed by atoms with E-state index in [0.717, 1.165) is 22.4 Å². The SMILES string of the molecule is COc1c(C(C)(C)C)cc(C)c(C)c1C(C)c1c(C)c(C)cc(C(C)(C)C)c1O. The van der Waals surface area contributed by atoms with Crippen molar-refractivity contribution in [2.24, 2.45) is 0 Å². The molecule has 2 aromatic rings. The van der Waals surface area contributed by atoms with Crippen LogP contribution < -0.4 is 4.74 Å². The summed E-state index contributed by atoms with van der Waals surface area (Å²) in [5.41, 5.74) is 9.13. The standard InChI is InChI=1S/C27H40O2/c1-15-13-20(26(6,7)8)24(28)22(17(15)3)19(5)23-18(4)16(2)14-21(25(23)29-12)27(9,10)11/h13-14,19,28H,1-12H3. The second-order valence-corrected chi connectivity index (χ2v) is 10.7. The van der Waals surface area contributed by atoms with Crippen LogP contribution in [0.2, 0.25) is 0 Å². The minimum atomic E-state index is -0.126. The van der Waals surface area contributed by atoms with Crippen molar-refractivity contribution in [3.05, 3.63) is 56.6 Å². The molecule has 0 heterocycles. The highest BCUT2D eigenvalue weighted by molar-refractivity contribution is 5.61. The van der Waals surface area contributed by atoms with Crippen LogP contribution in [0, 0.1) is 27.7 Å². The van der Waals surface area contributed by atoms with E-state index in [-0.39, 0.29) is 16.7 Å². The number of hydrogen-bond acceptors (Lipinski definition) is 2. The van der Waals surface area contributed by atoms with Gasteiger partial charge in [0.1, 0.15) is 11.5 Å². The van der Waals surface area contributed by atoms with Gasteiger partial charge in [-0.3, -0.25) is 0 Å². The Bertz CT molecular complexity index is 922. The Hall–Kier alpha value is -1.96. The summed E-state index contributed by atoms with van der Waals surface area (Å²) in [6.07, 6.45) is 0. The number of aryl methyl sites for hydroxylation is 2. The summed E-state index contributed by atoms with van der Waals surface area (Å²) in [6, 6.07) is 4.40. The maximum atomic E-state index is 11.4. The zero-order valence-corrected chi connectivity index (χ0v) is 20.6. The normalized spacial score (nSPS) is 13.5. The number of phenols is 1. The van der Waals surface area contributed by atoms with Crippen LogP contribution in [-0.2, 0) is 10.8 Å². The monoisotopic (exact) mass is 396 g/mol. The van der Waals surface area contributed by atoms with Crippen molar-refractivity contribution >= 4 is 0 Å². The van der Waals surface area contributed by atoms with Gasteiger partial charge in [0.2, 0.25) is 0 Å². The molecule has 160 valence electrons. The van der Waals surface area contributed by atoms with Gasteiger partial charge in [-0.25, -0.2) is 0 Å². The topological polar surface area (TPSA) is 29.5 Å². The lowest BCUT2D eigenvalue weighted by Crippen LogP contribution is -2.18. The summed E-state index contributed by atoms with van der Waals surface area (Å²) in [7, 11) is 1.76. The van der Waals surface area contributed by atoms with Crippen molar-refractivity contribution in [3.63, 3.8) is 0 Å². The highest BCUT2D eigenvalue weighted by Gasteiger charge is 2.30. The number of rotatable bonds is 3. The molecule has 0 spiro atoms. The molecule has 0 saturated heterocycles. The van der Waals surface area contributed by atoms with E-state index >= 15 is 0 Å². The van der Waals surface area contributed by atoms with E-state index in [1.807, 2.05) is 0 Å². The number of ether oxygens (including phenoxy) is 1. The van der Waals surface area contributed by atoms with Gasteiger partial charge in [-0.05, 0) is 66.3 Å². The van der Waals surface area contributed by atoms with E-state index in [4.69, 9.17) is 4.74 Å². The van der Waals surface area contributed by atoms with Crippen LogP contribution in [0.4, 0.5) is 0 Å². The van der Waals surface area contributed by atoms with Crippen molar-refractivity contribution in [1.29, 1.82) is 0 Å². The number of hydrogen-bond donors (Lipinski definition) is 1. The molecule has 2 nitrogen and oxygen atoms in total. The molecular formula is C27H40O2. The van der Waals surface area contributed by atoms with Crippen LogP contribution in [0.15, 0.2) is 12.1 Å². The molecule has 0 aliphatic rings. The Labute approximate surface area is 178 Å². The fraction of sp³-hybridized carbons (Fsp3) is 0.556. The van der Waals surface area contributed by atoms with Gasteiger partial charge in [-0.2, -0.15) is 0 Å². The van der Waals surface area contributed by atoms with E-state index in [9.17, 15) is 5.11 Å². The highest BCUT2D eigenvalue weighted by Crippen LogP contribution is 2.47. The first kappa shape index (κ1) is 23.3. The Morgan fingerprint density at radius 1 is 0.759 bits per heavy atom. The zero-order valence-electron chi connectivity index (χ0n) is 20.6. The van der Waals surface area contributed by atoms with Gasteiger partial charge in [0.25, 0.3) is 0 Å². The first-order valence-corrected chi connectivity index (χ1v) is 10.6. The van der Waals surface area contributed by atoms with Crippen molar-refractivity contribution in [2.75, 3.05) is 7.11 Å². The molecule has 29 heavy (non-hydrogen) atoms. The second-order valence-electron chi connectivity index (χ2n) is 10.7. The van der Waals surface area contributed by atoms with Crippen molar-refractivity contribution < 1.29 is 9.84 Å². The van der Waals surface area contributed by atoms with Gasteiger partial charge in [-0.1, -0.05) is 60.6 Å². The van der Waals surface area contributed by atoms with E-state index in [1.165, 1.54) is 27.8 Å². The number of benzene rings is 2. The van der Waals surface area contributed by atoms with Crippen LogP contribution in [0.3, 0.4) is 0 Å². The number of aromatic hydroxyl groups is 1. The fourth-order valence-electron chi connectivity index (χ4n) is 4.39. The minimum Gasteiger partial charge on any atom is -0.507 e. The molecule has 0 fully saturated rings. The molecule has 0 bridgehead atoms. The second kappa shape index (κ2) is 7.70. The molecule has 1 atom stereocenters. The third-order valence-electron chi connectivity index (χ3n) is 6.40. The fourth-order valence-corrected chi connectivity index (χ4v) is 4.39. The molecule has 2 aromatic carbocycles. The van der Waals surface area contributed by atoms with Crippen molar-refractivity contribution in [1.82, 2.24) is 0 Å². The smallest absolute Gasteiger partial charge is 0.126 e. The van der Waals surface area contributed by atoms with Gasteiger partial charge < -0.3 is 9.84 Å². The quantitative estimate of drug-likeness (QED) is 0.586. The zero-order chi connectivity index (χ0) is 22.5. The molecular weight excluding hydrogens is 356 g/mol. The average Bonchev–Trinajstić information content (AvgIpc) is 2.57. The van der Waals surface area contributed by atoms with Crippen molar-refractivity contribution in [2.45, 2.75) is 92.9 Å². The lowest BCUT2D eigenvalue weighted by atomic mass is 9.76. The lowest BCUT2D eigenvalue weighted by molar-refractivity contribution is 0.389. The molecule has 2 heteroatoms. The number of phenolic OH excluding ortho intramolecular Hbond substituents is 1. The summed E-state index contributed by atoms with van der Waals surface area (Å²) in [6.45, 7) is 23.9. The van der Waals surface area contributed by atoms with E-state index in [1.54, 1.807) is 7.11 Å². The van der Waals surface area contributed by atoms with Crippen LogP contribution in [0.1, 0.15) is 98.9 Å². The predicted molar refractivity (Wildman–Crippen MR) is 125 cm³/mol. The first-order chi connectivity index (χ1) is 13.1. The molecule has 2 rings (SSSR count). The Balaban J connectivity index is 2.92. The largest absolute Gasteiger partial charge is 0.507 e. The maximum absolute atomic E-state index is 11.4. The lowest BCUT2D eigenvalue weighted by Gasteiger charge is -2.31. The van der Waals surface area contributed by atoms with Crippen LogP contribution in [0.25, 0.3) is 0 Å². The summed E-state index contributed by atoms with van der Waals surface area (Å²) in [5.74, 6) is 1.39. The molecule has 0 radical (unpaired) electrons. The Kier molecular flexibility index (Phi) is 6.19. The van der Waals surface area contributed by atoms with Crippen LogP contribution in [-0.4, -0.2) is 12.2 Å². The minimum absolute atomic E-state index is 0.0203. The van der Waals surface area contributed by atoms with E-state index < -0.39 is 0 Å². The summed E-state index contributed by atoms with van der Waals surface area (Å²) >= 11 is 0. The third kappa shape index (κ3) is 4.17. The molecule has 0 amide bonds. The van der Waals surface area contributed by atoms with Crippen molar-refractivity contribution in [3.8, 4) is 11.5 Å². The highest BCUT2D eigenvalue weighted by atomic mass is 16.5. The Morgan fingerprint density at radius 3 is 1.59 bits per heavy atom. The maximum Gasteiger partial charge on any atom is 0.126 e. The molecule has 0 aliphatic heterocycles. The van der Waals surface area contributed by atoms with Gasteiger partial charge >= 0.3 is 0 Å².